The summed E-state index contributed by atoms with van der Waals surface area (Å²) in [5, 5.41) is 17.2. The number of allylic oxidation sites excluding steroid dienone is 3. The molecule has 82 valence electrons. The Balaban J connectivity index is 4.41. The first-order valence-electron chi connectivity index (χ1n) is 4.30. The van der Waals surface area contributed by atoms with Gasteiger partial charge in [-0.1, -0.05) is 24.8 Å². The maximum Gasteiger partial charge on any atom is 0.455 e. The molecule has 0 saturated carbocycles. The summed E-state index contributed by atoms with van der Waals surface area (Å²) in [6, 6.07) is 0. The molecule has 0 aliphatic carbocycles. The van der Waals surface area contributed by atoms with Gasteiger partial charge in [-0.3, -0.25) is 9.63 Å². The molecule has 0 spiro atoms. The highest BCUT2D eigenvalue weighted by Gasteiger charge is 2.06. The largest absolute Gasteiger partial charge is 0.455 e. The zero-order chi connectivity index (χ0) is 11.7. The molecule has 0 unspecified atom stereocenters. The third-order valence-electron chi connectivity index (χ3n) is 1.40. The van der Waals surface area contributed by atoms with Crippen LogP contribution in [0.25, 0.3) is 0 Å². The highest BCUT2D eigenvalue weighted by molar-refractivity contribution is 6.41. The fourth-order valence-electron chi connectivity index (χ4n) is 0.802. The molecule has 0 aliphatic rings. The number of hydrogen-bond donors (Lipinski definition) is 3. The average Bonchev–Trinajstić information content (AvgIpc) is 2.16. The molecule has 15 heavy (non-hydrogen) atoms. The van der Waals surface area contributed by atoms with Gasteiger partial charge >= 0.3 is 7.12 Å². The first-order valence-corrected chi connectivity index (χ1v) is 4.30. The Labute approximate surface area is 88.9 Å². The summed E-state index contributed by atoms with van der Waals surface area (Å²) in [4.78, 5) is 15.7. The molecule has 0 fully saturated rings. The molecule has 0 aromatic carbocycles. The molecular weight excluding hydrogens is 197 g/mol. The van der Waals surface area contributed by atoms with Crippen molar-refractivity contribution in [1.82, 2.24) is 5.48 Å². The van der Waals surface area contributed by atoms with Crippen molar-refractivity contribution in [1.29, 1.82) is 0 Å². The molecular formula is C9H14BNO4. The minimum absolute atomic E-state index is 0.0503. The Kier molecular flexibility index (Phi) is 7.26. The Morgan fingerprint density at radius 2 is 2.27 bits per heavy atom. The second-order valence-corrected chi connectivity index (χ2v) is 2.61. The van der Waals surface area contributed by atoms with Gasteiger partial charge < -0.3 is 10.0 Å². The summed E-state index contributed by atoms with van der Waals surface area (Å²) in [7, 11) is -0.0957. The minimum atomic E-state index is -1.42. The van der Waals surface area contributed by atoms with Crippen LogP contribution >= 0.6 is 0 Å². The Bertz CT molecular complexity index is 273. The third-order valence-corrected chi connectivity index (χ3v) is 1.40. The van der Waals surface area contributed by atoms with E-state index in [-0.39, 0.29) is 6.32 Å². The molecule has 0 atom stereocenters. The number of hydrogen-bond acceptors (Lipinski definition) is 4. The predicted octanol–water partition coefficient (Wildman–Crippen LogP) is -0.195. The van der Waals surface area contributed by atoms with E-state index in [1.165, 1.54) is 31.4 Å². The zero-order valence-corrected chi connectivity index (χ0v) is 8.51. The molecule has 6 heteroatoms. The summed E-state index contributed by atoms with van der Waals surface area (Å²) in [5.74, 6) is -0.430. The van der Waals surface area contributed by atoms with E-state index in [4.69, 9.17) is 10.0 Å². The van der Waals surface area contributed by atoms with Crippen LogP contribution < -0.4 is 5.48 Å². The van der Waals surface area contributed by atoms with Crippen molar-refractivity contribution < 1.29 is 19.7 Å². The quantitative estimate of drug-likeness (QED) is 0.246. The lowest BCUT2D eigenvalue weighted by molar-refractivity contribution is -0.126. The van der Waals surface area contributed by atoms with Gasteiger partial charge in [0.2, 0.25) is 0 Å². The van der Waals surface area contributed by atoms with Gasteiger partial charge in [0.15, 0.2) is 0 Å². The van der Waals surface area contributed by atoms with Gasteiger partial charge in [0.25, 0.3) is 5.91 Å². The molecule has 0 aromatic heterocycles. The molecule has 0 rings (SSSR count). The number of carbonyl (C=O) groups is 1. The van der Waals surface area contributed by atoms with Gasteiger partial charge in [-0.05, 0) is 6.08 Å². The summed E-state index contributed by atoms with van der Waals surface area (Å²) in [6.45, 7) is 3.46. The van der Waals surface area contributed by atoms with E-state index in [1.54, 1.807) is 0 Å². The molecule has 0 saturated heterocycles. The molecule has 0 aliphatic heterocycles. The third kappa shape index (κ3) is 6.67. The topological polar surface area (TPSA) is 78.8 Å². The summed E-state index contributed by atoms with van der Waals surface area (Å²) in [5.41, 5.74) is 2.45. The van der Waals surface area contributed by atoms with Gasteiger partial charge in [-0.15, -0.1) is 0 Å². The number of amides is 1. The van der Waals surface area contributed by atoms with E-state index in [0.717, 1.165) is 0 Å². The average molecular weight is 211 g/mol. The zero-order valence-electron chi connectivity index (χ0n) is 8.51. The van der Waals surface area contributed by atoms with Gasteiger partial charge in [0.05, 0.1) is 7.11 Å². The SMILES string of the molecule is C=C/C=C(\C=C/CB(O)O)C(=O)NOC. The summed E-state index contributed by atoms with van der Waals surface area (Å²) in [6.07, 6.45) is 5.90. The van der Waals surface area contributed by atoms with Crippen molar-refractivity contribution in [3.05, 3.63) is 36.5 Å². The van der Waals surface area contributed by atoms with Crippen LogP contribution in [0.3, 0.4) is 0 Å². The van der Waals surface area contributed by atoms with Crippen LogP contribution in [0, 0.1) is 0 Å². The number of hydroxylamine groups is 1. The fraction of sp³-hybridized carbons (Fsp3) is 0.222. The van der Waals surface area contributed by atoms with E-state index >= 15 is 0 Å². The van der Waals surface area contributed by atoms with Gasteiger partial charge in [0.1, 0.15) is 0 Å². The maximum absolute atomic E-state index is 11.3. The number of nitrogens with one attached hydrogen (secondary N) is 1. The van der Waals surface area contributed by atoms with Crippen LogP contribution in [0.5, 0.6) is 0 Å². The van der Waals surface area contributed by atoms with Crippen LogP contribution in [0.4, 0.5) is 0 Å². The molecule has 3 N–H and O–H groups in total. The van der Waals surface area contributed by atoms with Crippen LogP contribution in [0.2, 0.25) is 6.32 Å². The van der Waals surface area contributed by atoms with Crippen molar-refractivity contribution in [2.45, 2.75) is 6.32 Å². The van der Waals surface area contributed by atoms with Crippen molar-refractivity contribution in [2.24, 2.45) is 0 Å². The first-order chi connectivity index (χ1) is 7.11. The second-order valence-electron chi connectivity index (χ2n) is 2.61. The molecule has 5 nitrogen and oxygen atoms in total. The summed E-state index contributed by atoms with van der Waals surface area (Å²) >= 11 is 0. The van der Waals surface area contributed by atoms with E-state index < -0.39 is 13.0 Å². The van der Waals surface area contributed by atoms with Crippen molar-refractivity contribution in [3.8, 4) is 0 Å². The van der Waals surface area contributed by atoms with E-state index in [0.29, 0.717) is 5.57 Å². The highest BCUT2D eigenvalue weighted by Crippen LogP contribution is 2.00. The van der Waals surface area contributed by atoms with Gasteiger partial charge in [0, 0.05) is 11.9 Å². The van der Waals surface area contributed by atoms with Crippen LogP contribution in [-0.4, -0.2) is 30.2 Å². The molecule has 0 radical (unpaired) electrons. The standard InChI is InChI=1S/C9H14BNO4/c1-3-5-8(9(12)11-15-2)6-4-7-10(13)14/h3-6,13-14H,1,7H2,2H3,(H,11,12)/b6-4-,8-5+. The molecule has 1 amide bonds. The van der Waals surface area contributed by atoms with Gasteiger partial charge in [-0.25, -0.2) is 5.48 Å². The normalized spacial score (nSPS) is 11.5. The van der Waals surface area contributed by atoms with Crippen LogP contribution in [-0.2, 0) is 9.63 Å². The maximum atomic E-state index is 11.3. The first kappa shape index (κ1) is 13.6. The van der Waals surface area contributed by atoms with Gasteiger partial charge in [-0.2, -0.15) is 0 Å². The van der Waals surface area contributed by atoms with Crippen LogP contribution in [0.15, 0.2) is 36.5 Å². The van der Waals surface area contributed by atoms with Crippen molar-refractivity contribution in [2.75, 3.05) is 7.11 Å². The molecule has 0 aromatic rings. The smallest absolute Gasteiger partial charge is 0.427 e. The van der Waals surface area contributed by atoms with E-state index in [2.05, 4.69) is 16.9 Å². The lowest BCUT2D eigenvalue weighted by Crippen LogP contribution is -2.22. The summed E-state index contributed by atoms with van der Waals surface area (Å²) < 4.78 is 0. The number of rotatable bonds is 6. The van der Waals surface area contributed by atoms with E-state index in [9.17, 15) is 4.79 Å². The predicted molar refractivity (Wildman–Crippen MR) is 57.6 cm³/mol. The molecule has 0 bridgehead atoms. The van der Waals surface area contributed by atoms with Crippen LogP contribution in [0.1, 0.15) is 0 Å². The Morgan fingerprint density at radius 1 is 1.60 bits per heavy atom. The Morgan fingerprint density at radius 3 is 2.73 bits per heavy atom. The van der Waals surface area contributed by atoms with Crippen molar-refractivity contribution in [3.63, 3.8) is 0 Å². The highest BCUT2D eigenvalue weighted by atomic mass is 16.6. The fourth-order valence-corrected chi connectivity index (χ4v) is 0.802. The second kappa shape index (κ2) is 7.99. The molecule has 0 heterocycles. The number of carbonyl (C=O) groups excluding carboxylic acids is 1. The Hall–Kier alpha value is -1.37. The lowest BCUT2D eigenvalue weighted by atomic mass is 9.86. The van der Waals surface area contributed by atoms with E-state index in [1.807, 2.05) is 0 Å². The van der Waals surface area contributed by atoms with Crippen molar-refractivity contribution >= 4 is 13.0 Å². The monoisotopic (exact) mass is 211 g/mol. The lowest BCUT2D eigenvalue weighted by Gasteiger charge is -2.01. The minimum Gasteiger partial charge on any atom is -0.427 e.